The Labute approximate surface area is 202 Å². The van der Waals surface area contributed by atoms with Crippen LogP contribution in [0, 0.1) is 10.1 Å². The van der Waals surface area contributed by atoms with Gasteiger partial charge in [-0.2, -0.15) is 0 Å². The number of non-ortho nitro benzene ring substituents is 1. The lowest BCUT2D eigenvalue weighted by Crippen LogP contribution is -2.29. The van der Waals surface area contributed by atoms with Crippen molar-refractivity contribution in [3.8, 4) is 0 Å². The zero-order valence-electron chi connectivity index (χ0n) is 18.5. The summed E-state index contributed by atoms with van der Waals surface area (Å²) in [6, 6.07) is 12.5. The molecular formula is C24H20BrN3O6. The van der Waals surface area contributed by atoms with Crippen molar-refractivity contribution >= 4 is 44.9 Å². The average Bonchev–Trinajstić information content (AvgIpc) is 3.37. The van der Waals surface area contributed by atoms with Crippen molar-refractivity contribution in [3.05, 3.63) is 91.6 Å². The molecule has 4 rings (SSSR count). The number of hydrogen-bond donors (Lipinski definition) is 1. The van der Waals surface area contributed by atoms with E-state index in [0.29, 0.717) is 16.9 Å². The lowest BCUT2D eigenvalue weighted by Gasteiger charge is -2.22. The molecule has 2 heterocycles. The number of benzene rings is 2. The number of rotatable bonds is 4. The number of anilines is 1. The first-order valence-corrected chi connectivity index (χ1v) is 11.1. The molecule has 1 saturated heterocycles. The van der Waals surface area contributed by atoms with Gasteiger partial charge in [-0.25, -0.2) is 0 Å². The standard InChI is InChI=1S/C24H20BrN3O6/c1-24(2,3)17-12-18(26-34-17)27-20(13-6-10-16(11-7-13)28(32)33)19(22(30)23(27)31)21(29)14-4-8-15(25)9-5-14/h4-12,20,29H,1-3H3/t20-/m1/s1. The van der Waals surface area contributed by atoms with E-state index in [-0.39, 0.29) is 22.8 Å². The molecule has 0 bridgehead atoms. The summed E-state index contributed by atoms with van der Waals surface area (Å²) in [5, 5.41) is 26.2. The summed E-state index contributed by atoms with van der Waals surface area (Å²) in [5.41, 5.74) is 0.0259. The van der Waals surface area contributed by atoms with Crippen LogP contribution >= 0.6 is 15.9 Å². The molecule has 1 aliphatic heterocycles. The zero-order chi connectivity index (χ0) is 24.8. The predicted octanol–water partition coefficient (Wildman–Crippen LogP) is 5.27. The summed E-state index contributed by atoms with van der Waals surface area (Å²) < 4.78 is 6.20. The first kappa shape index (κ1) is 23.4. The van der Waals surface area contributed by atoms with Crippen LogP contribution in [0.2, 0.25) is 0 Å². The fraction of sp³-hybridized carbons (Fsp3) is 0.208. The van der Waals surface area contributed by atoms with Crippen LogP contribution in [0.4, 0.5) is 11.5 Å². The van der Waals surface area contributed by atoms with E-state index in [9.17, 15) is 24.8 Å². The molecule has 2 aromatic carbocycles. The van der Waals surface area contributed by atoms with Gasteiger partial charge < -0.3 is 9.63 Å². The number of nitro benzene ring substituents is 1. The third-order valence-corrected chi connectivity index (χ3v) is 5.99. The summed E-state index contributed by atoms with van der Waals surface area (Å²) in [7, 11) is 0. The Balaban J connectivity index is 1.91. The van der Waals surface area contributed by atoms with Crippen LogP contribution in [0.25, 0.3) is 5.76 Å². The molecule has 1 amide bonds. The van der Waals surface area contributed by atoms with E-state index < -0.39 is 28.1 Å². The SMILES string of the molecule is CC(C)(C)c1cc(N2C(=O)C(=O)C(=C(O)c3ccc(Br)cc3)[C@H]2c2ccc([N+](=O)[O-])cc2)no1. The maximum atomic E-state index is 13.2. The Hall–Kier alpha value is -3.79. The molecule has 174 valence electrons. The summed E-state index contributed by atoms with van der Waals surface area (Å²) in [5.74, 6) is -1.55. The van der Waals surface area contributed by atoms with E-state index in [1.54, 1.807) is 30.3 Å². The van der Waals surface area contributed by atoms with Crippen molar-refractivity contribution in [1.29, 1.82) is 0 Å². The Bertz CT molecular complexity index is 1320. The number of Topliss-reactive ketones (excluding diaryl/α,β-unsaturated/α-hetero) is 1. The minimum absolute atomic E-state index is 0.102. The highest BCUT2D eigenvalue weighted by Gasteiger charge is 2.48. The Morgan fingerprint density at radius 1 is 1.12 bits per heavy atom. The molecule has 0 spiro atoms. The zero-order valence-corrected chi connectivity index (χ0v) is 20.1. The van der Waals surface area contributed by atoms with Crippen molar-refractivity contribution in [2.45, 2.75) is 32.2 Å². The second-order valence-corrected chi connectivity index (χ2v) is 9.74. The van der Waals surface area contributed by atoms with Gasteiger partial charge in [0.25, 0.3) is 11.5 Å². The van der Waals surface area contributed by atoms with Crippen molar-refractivity contribution in [3.63, 3.8) is 0 Å². The van der Waals surface area contributed by atoms with Crippen LogP contribution in [0.5, 0.6) is 0 Å². The number of aliphatic hydroxyl groups excluding tert-OH is 1. The highest BCUT2D eigenvalue weighted by Crippen LogP contribution is 2.43. The minimum atomic E-state index is -1.07. The fourth-order valence-corrected chi connectivity index (χ4v) is 3.92. The summed E-state index contributed by atoms with van der Waals surface area (Å²) in [6.07, 6.45) is 0. The number of aliphatic hydroxyl groups is 1. The van der Waals surface area contributed by atoms with Gasteiger partial charge in [0.15, 0.2) is 5.82 Å². The topological polar surface area (TPSA) is 127 Å². The van der Waals surface area contributed by atoms with Gasteiger partial charge in [-0.15, -0.1) is 0 Å². The summed E-state index contributed by atoms with van der Waals surface area (Å²) in [4.78, 5) is 38.0. The van der Waals surface area contributed by atoms with Crippen LogP contribution in [0.15, 0.2) is 69.2 Å². The first-order valence-electron chi connectivity index (χ1n) is 10.3. The van der Waals surface area contributed by atoms with Gasteiger partial charge >= 0.3 is 5.91 Å². The lowest BCUT2D eigenvalue weighted by atomic mass is 9.93. The van der Waals surface area contributed by atoms with Crippen molar-refractivity contribution in [2.24, 2.45) is 0 Å². The molecule has 1 aliphatic rings. The van der Waals surface area contributed by atoms with Gasteiger partial charge in [0.1, 0.15) is 11.5 Å². The molecule has 3 aromatic rings. The van der Waals surface area contributed by atoms with Gasteiger partial charge in [-0.1, -0.05) is 54.0 Å². The van der Waals surface area contributed by atoms with Gasteiger partial charge in [0.2, 0.25) is 0 Å². The van der Waals surface area contributed by atoms with Crippen molar-refractivity contribution in [2.75, 3.05) is 4.90 Å². The molecule has 0 radical (unpaired) electrons. The van der Waals surface area contributed by atoms with E-state index in [2.05, 4.69) is 21.1 Å². The number of carbonyl (C=O) groups is 2. The Morgan fingerprint density at radius 3 is 2.26 bits per heavy atom. The van der Waals surface area contributed by atoms with Gasteiger partial charge in [0, 0.05) is 33.7 Å². The summed E-state index contributed by atoms with van der Waals surface area (Å²) >= 11 is 3.32. The molecule has 1 atom stereocenters. The predicted molar refractivity (Wildman–Crippen MR) is 127 cm³/mol. The maximum Gasteiger partial charge on any atom is 0.301 e. The molecule has 0 unspecified atom stereocenters. The number of hydrogen-bond acceptors (Lipinski definition) is 7. The quantitative estimate of drug-likeness (QED) is 0.161. The smallest absolute Gasteiger partial charge is 0.301 e. The highest BCUT2D eigenvalue weighted by atomic mass is 79.9. The summed E-state index contributed by atoms with van der Waals surface area (Å²) in [6.45, 7) is 5.73. The number of amides is 1. The van der Waals surface area contributed by atoms with Crippen LogP contribution < -0.4 is 4.90 Å². The largest absolute Gasteiger partial charge is 0.507 e. The molecule has 1 fully saturated rings. The van der Waals surface area contributed by atoms with Gasteiger partial charge in [-0.3, -0.25) is 24.6 Å². The van der Waals surface area contributed by atoms with Crippen LogP contribution in [-0.4, -0.2) is 26.9 Å². The van der Waals surface area contributed by atoms with Crippen LogP contribution in [-0.2, 0) is 15.0 Å². The van der Waals surface area contributed by atoms with E-state index in [1.165, 1.54) is 24.3 Å². The average molecular weight is 526 g/mol. The molecule has 1 N–H and O–H groups in total. The number of nitro groups is 1. The second kappa shape index (κ2) is 8.53. The Morgan fingerprint density at radius 2 is 1.74 bits per heavy atom. The number of ketones is 1. The molecule has 34 heavy (non-hydrogen) atoms. The van der Waals surface area contributed by atoms with Crippen LogP contribution in [0.3, 0.4) is 0 Å². The first-order chi connectivity index (χ1) is 16.0. The lowest BCUT2D eigenvalue weighted by molar-refractivity contribution is -0.384. The molecule has 0 aliphatic carbocycles. The molecule has 9 nitrogen and oxygen atoms in total. The maximum absolute atomic E-state index is 13.2. The van der Waals surface area contributed by atoms with E-state index in [4.69, 9.17) is 4.52 Å². The molecule has 10 heteroatoms. The minimum Gasteiger partial charge on any atom is -0.507 e. The number of halogens is 1. The van der Waals surface area contributed by atoms with Gasteiger partial charge in [-0.05, 0) is 29.8 Å². The monoisotopic (exact) mass is 525 g/mol. The third kappa shape index (κ3) is 4.12. The fourth-order valence-electron chi connectivity index (χ4n) is 3.66. The van der Waals surface area contributed by atoms with E-state index >= 15 is 0 Å². The second-order valence-electron chi connectivity index (χ2n) is 8.82. The third-order valence-electron chi connectivity index (χ3n) is 5.47. The number of aromatic nitrogens is 1. The van der Waals surface area contributed by atoms with Crippen molar-refractivity contribution < 1.29 is 24.1 Å². The highest BCUT2D eigenvalue weighted by molar-refractivity contribution is 9.10. The Kier molecular flexibility index (Phi) is 5.86. The van der Waals surface area contributed by atoms with Crippen LogP contribution in [0.1, 0.15) is 43.7 Å². The molecule has 1 aromatic heterocycles. The normalized spacial score (nSPS) is 17.9. The molecule has 0 saturated carbocycles. The molecular weight excluding hydrogens is 506 g/mol. The number of nitrogens with zero attached hydrogens (tertiary/aromatic N) is 3. The van der Waals surface area contributed by atoms with E-state index in [0.717, 1.165) is 9.37 Å². The number of carbonyl (C=O) groups excluding carboxylic acids is 2. The van der Waals surface area contributed by atoms with E-state index in [1.807, 2.05) is 20.8 Å². The van der Waals surface area contributed by atoms with Gasteiger partial charge in [0.05, 0.1) is 16.5 Å². The van der Waals surface area contributed by atoms with Crippen molar-refractivity contribution in [1.82, 2.24) is 5.16 Å².